The van der Waals surface area contributed by atoms with E-state index in [1.54, 1.807) is 12.3 Å². The summed E-state index contributed by atoms with van der Waals surface area (Å²) < 4.78 is 31.9. The van der Waals surface area contributed by atoms with Gasteiger partial charge < -0.3 is 10.5 Å². The molecular formula is C22H29N5O3S. The summed E-state index contributed by atoms with van der Waals surface area (Å²) in [4.78, 5) is 6.82. The minimum Gasteiger partial charge on any atom is -0.383 e. The van der Waals surface area contributed by atoms with E-state index in [4.69, 9.17) is 15.6 Å². The second-order valence-electron chi connectivity index (χ2n) is 9.72. The SMILES string of the molecule is CS(=O)(=O)c1cc(-c2cc(C3[C@H]4CN(C5COC5)C[C@@H]34)n(C3CCCC3)n2)cnc1N. The number of hydrogen-bond donors (Lipinski definition) is 1. The van der Waals surface area contributed by atoms with Gasteiger partial charge in [-0.25, -0.2) is 13.4 Å². The van der Waals surface area contributed by atoms with Gasteiger partial charge in [-0.15, -0.1) is 0 Å². The molecule has 4 heterocycles. The molecule has 8 nitrogen and oxygen atoms in total. The lowest BCUT2D eigenvalue weighted by molar-refractivity contribution is -0.0610. The normalized spacial score (nSPS) is 29.3. The highest BCUT2D eigenvalue weighted by atomic mass is 32.2. The van der Waals surface area contributed by atoms with E-state index >= 15 is 0 Å². The molecule has 2 aromatic heterocycles. The number of pyridine rings is 1. The van der Waals surface area contributed by atoms with Crippen LogP contribution in [0.2, 0.25) is 0 Å². The Kier molecular flexibility index (Phi) is 4.46. The van der Waals surface area contributed by atoms with Gasteiger partial charge in [-0.3, -0.25) is 9.58 Å². The summed E-state index contributed by atoms with van der Waals surface area (Å²) in [6.07, 6.45) is 7.62. The lowest BCUT2D eigenvalue weighted by Gasteiger charge is -2.35. The van der Waals surface area contributed by atoms with E-state index in [-0.39, 0.29) is 10.7 Å². The number of likely N-dealkylation sites (tertiary alicyclic amines) is 1. The van der Waals surface area contributed by atoms with Crippen LogP contribution in [0.5, 0.6) is 0 Å². The largest absolute Gasteiger partial charge is 0.383 e. The Balaban J connectivity index is 1.33. The van der Waals surface area contributed by atoms with Crippen LogP contribution in [0.25, 0.3) is 11.3 Å². The maximum Gasteiger partial charge on any atom is 0.179 e. The molecule has 2 aliphatic carbocycles. The van der Waals surface area contributed by atoms with Gasteiger partial charge in [0.15, 0.2) is 9.84 Å². The number of nitrogens with two attached hydrogens (primary N) is 1. The summed E-state index contributed by atoms with van der Waals surface area (Å²) >= 11 is 0. The first-order chi connectivity index (χ1) is 14.9. The van der Waals surface area contributed by atoms with Gasteiger partial charge in [0, 0.05) is 42.7 Å². The van der Waals surface area contributed by atoms with Gasteiger partial charge in [0.2, 0.25) is 0 Å². The molecular weight excluding hydrogens is 414 g/mol. The van der Waals surface area contributed by atoms with Crippen molar-refractivity contribution in [2.75, 3.05) is 38.3 Å². The van der Waals surface area contributed by atoms with E-state index in [0.717, 1.165) is 51.1 Å². The minimum atomic E-state index is -3.45. The predicted molar refractivity (Wildman–Crippen MR) is 116 cm³/mol. The van der Waals surface area contributed by atoms with Crippen molar-refractivity contribution in [2.45, 2.75) is 48.6 Å². The van der Waals surface area contributed by atoms with Crippen LogP contribution >= 0.6 is 0 Å². The quantitative estimate of drug-likeness (QED) is 0.755. The Morgan fingerprint density at radius 2 is 1.81 bits per heavy atom. The molecule has 3 atom stereocenters. The monoisotopic (exact) mass is 443 g/mol. The molecule has 4 aliphatic rings. The van der Waals surface area contributed by atoms with E-state index < -0.39 is 9.84 Å². The molecule has 0 radical (unpaired) electrons. The molecule has 31 heavy (non-hydrogen) atoms. The Hall–Kier alpha value is -1.97. The van der Waals surface area contributed by atoms with Crippen LogP contribution in [0.4, 0.5) is 5.82 Å². The van der Waals surface area contributed by atoms with Crippen LogP contribution in [0, 0.1) is 11.8 Å². The van der Waals surface area contributed by atoms with Crippen molar-refractivity contribution >= 4 is 15.7 Å². The predicted octanol–water partition coefficient (Wildman–Crippen LogP) is 2.09. The third-order valence-electron chi connectivity index (χ3n) is 7.71. The summed E-state index contributed by atoms with van der Waals surface area (Å²) in [7, 11) is -3.45. The van der Waals surface area contributed by atoms with Crippen molar-refractivity contribution in [1.82, 2.24) is 19.7 Å². The van der Waals surface area contributed by atoms with Crippen LogP contribution in [0.1, 0.15) is 43.3 Å². The first kappa shape index (κ1) is 19.7. The zero-order valence-corrected chi connectivity index (χ0v) is 18.6. The summed E-state index contributed by atoms with van der Waals surface area (Å²) in [5, 5.41) is 4.99. The molecule has 2 saturated heterocycles. The smallest absolute Gasteiger partial charge is 0.179 e. The number of sulfone groups is 1. The number of nitrogen functional groups attached to an aromatic ring is 1. The molecule has 6 rings (SSSR count). The molecule has 2 N–H and O–H groups in total. The zero-order chi connectivity index (χ0) is 21.3. The van der Waals surface area contributed by atoms with E-state index in [1.165, 1.54) is 18.5 Å². The van der Waals surface area contributed by atoms with Gasteiger partial charge in [-0.05, 0) is 36.8 Å². The summed E-state index contributed by atoms with van der Waals surface area (Å²) in [5.74, 6) is 1.98. The van der Waals surface area contributed by atoms with Crippen molar-refractivity contribution in [3.63, 3.8) is 0 Å². The summed E-state index contributed by atoms with van der Waals surface area (Å²) in [5.41, 5.74) is 8.67. The molecule has 9 heteroatoms. The summed E-state index contributed by atoms with van der Waals surface area (Å²) in [6, 6.07) is 4.85. The Bertz CT molecular complexity index is 1110. The molecule has 0 bridgehead atoms. The molecule has 0 amide bonds. The fourth-order valence-corrected chi connectivity index (χ4v) is 6.64. The van der Waals surface area contributed by atoms with Gasteiger partial charge in [-0.1, -0.05) is 12.8 Å². The second-order valence-corrected chi connectivity index (χ2v) is 11.7. The van der Waals surface area contributed by atoms with Crippen LogP contribution in [0.3, 0.4) is 0 Å². The maximum atomic E-state index is 12.1. The Morgan fingerprint density at radius 1 is 1.10 bits per heavy atom. The number of piperidine rings is 1. The number of aromatic nitrogens is 3. The number of fused-ring (bicyclic) bond motifs is 1. The maximum absolute atomic E-state index is 12.1. The number of nitrogens with zero attached hydrogens (tertiary/aromatic N) is 4. The second kappa shape index (κ2) is 7.02. The lowest BCUT2D eigenvalue weighted by Crippen LogP contribution is -2.48. The minimum absolute atomic E-state index is 0.0403. The third kappa shape index (κ3) is 3.29. The van der Waals surface area contributed by atoms with E-state index in [2.05, 4.69) is 20.6 Å². The van der Waals surface area contributed by atoms with Crippen LogP contribution in [-0.4, -0.2) is 66.7 Å². The van der Waals surface area contributed by atoms with Crippen LogP contribution in [-0.2, 0) is 14.6 Å². The standard InChI is InChI=1S/C22H29N5O3S/c1-31(28,29)20-6-13(8-24-22(20)23)18-7-19(27(25-18)14-4-2-3-5-14)21-16-9-26(10-17(16)21)15-11-30-12-15/h6-8,14-17,21H,2-5,9-12H2,1H3,(H2,23,24)/t16-,17+,21?. The van der Waals surface area contributed by atoms with Crippen molar-refractivity contribution in [3.8, 4) is 11.3 Å². The first-order valence-electron chi connectivity index (χ1n) is 11.3. The molecule has 4 fully saturated rings. The molecule has 0 spiro atoms. The van der Waals surface area contributed by atoms with Crippen molar-refractivity contribution in [3.05, 3.63) is 24.0 Å². The average Bonchev–Trinajstić information content (AvgIpc) is 3.17. The van der Waals surface area contributed by atoms with Crippen LogP contribution in [0.15, 0.2) is 23.2 Å². The molecule has 2 aromatic rings. The van der Waals surface area contributed by atoms with E-state index in [9.17, 15) is 8.42 Å². The average molecular weight is 444 g/mol. The highest BCUT2D eigenvalue weighted by molar-refractivity contribution is 7.90. The van der Waals surface area contributed by atoms with Gasteiger partial charge >= 0.3 is 0 Å². The van der Waals surface area contributed by atoms with Gasteiger partial charge in [0.1, 0.15) is 10.7 Å². The lowest BCUT2D eigenvalue weighted by atomic mass is 10.1. The molecule has 0 aromatic carbocycles. The fourth-order valence-electron chi connectivity index (χ4n) is 5.86. The number of anilines is 1. The highest BCUT2D eigenvalue weighted by Crippen LogP contribution is 2.59. The van der Waals surface area contributed by atoms with Gasteiger partial charge in [-0.2, -0.15) is 5.10 Å². The number of ether oxygens (including phenoxy) is 1. The van der Waals surface area contributed by atoms with Crippen molar-refractivity contribution < 1.29 is 13.2 Å². The number of rotatable bonds is 5. The Morgan fingerprint density at radius 3 is 2.42 bits per heavy atom. The Labute approximate surface area is 182 Å². The van der Waals surface area contributed by atoms with Gasteiger partial charge in [0.25, 0.3) is 0 Å². The highest BCUT2D eigenvalue weighted by Gasteiger charge is 2.59. The summed E-state index contributed by atoms with van der Waals surface area (Å²) in [6.45, 7) is 4.05. The van der Waals surface area contributed by atoms with E-state index in [1.807, 2.05) is 0 Å². The molecule has 166 valence electrons. The third-order valence-corrected chi connectivity index (χ3v) is 8.84. The topological polar surface area (TPSA) is 103 Å². The molecule has 2 aliphatic heterocycles. The zero-order valence-electron chi connectivity index (χ0n) is 17.8. The van der Waals surface area contributed by atoms with Crippen molar-refractivity contribution in [2.24, 2.45) is 11.8 Å². The van der Waals surface area contributed by atoms with Gasteiger partial charge in [0.05, 0.1) is 31.0 Å². The van der Waals surface area contributed by atoms with E-state index in [0.29, 0.717) is 35.4 Å². The molecule has 2 saturated carbocycles. The number of hydrogen-bond acceptors (Lipinski definition) is 7. The first-order valence-corrected chi connectivity index (χ1v) is 13.2. The van der Waals surface area contributed by atoms with Crippen LogP contribution < -0.4 is 5.73 Å². The fraction of sp³-hybridized carbons (Fsp3) is 0.636. The molecule has 1 unspecified atom stereocenters. The van der Waals surface area contributed by atoms with Crippen molar-refractivity contribution in [1.29, 1.82) is 0 Å².